The fourth-order valence-electron chi connectivity index (χ4n) is 3.01. The highest BCUT2D eigenvalue weighted by atomic mass is 16.5. The molecule has 1 N–H and O–H groups in total. The Bertz CT molecular complexity index is 658. The Morgan fingerprint density at radius 2 is 2.00 bits per heavy atom. The zero-order chi connectivity index (χ0) is 18.2. The van der Waals surface area contributed by atoms with Crippen LogP contribution in [0.4, 0.5) is 0 Å². The Hall–Kier alpha value is -2.68. The summed E-state index contributed by atoms with van der Waals surface area (Å²) in [7, 11) is 0. The molecule has 1 aromatic rings. The van der Waals surface area contributed by atoms with E-state index in [0.29, 0.717) is 23.7 Å². The van der Waals surface area contributed by atoms with Crippen molar-refractivity contribution in [2.45, 2.75) is 38.6 Å². The number of benzene rings is 1. The summed E-state index contributed by atoms with van der Waals surface area (Å²) in [4.78, 5) is 25.3. The van der Waals surface area contributed by atoms with Gasteiger partial charge in [0.05, 0.1) is 13.2 Å². The lowest BCUT2D eigenvalue weighted by Crippen LogP contribution is -2.39. The molecule has 0 bridgehead atoms. The van der Waals surface area contributed by atoms with E-state index in [1.54, 1.807) is 30.0 Å². The first-order chi connectivity index (χ1) is 12.1. The van der Waals surface area contributed by atoms with E-state index in [1.807, 2.05) is 0 Å². The van der Waals surface area contributed by atoms with Crippen LogP contribution in [0.5, 0.6) is 11.5 Å². The molecule has 1 saturated carbocycles. The molecule has 1 aliphatic carbocycles. The molecule has 1 aromatic carbocycles. The van der Waals surface area contributed by atoms with Gasteiger partial charge in [-0.05, 0) is 38.0 Å². The molecule has 0 atom stereocenters. The monoisotopic (exact) mass is 345 g/mol. The first-order valence-corrected chi connectivity index (χ1v) is 8.42. The number of hydrogen-bond donors (Lipinski definition) is 1. The van der Waals surface area contributed by atoms with Gasteiger partial charge in [-0.15, -0.1) is 6.42 Å². The van der Waals surface area contributed by atoms with Crippen LogP contribution in [0.3, 0.4) is 0 Å². The number of carboxylic acid groups (broad SMARTS) is 1. The molecular weight excluding hydrogens is 322 g/mol. The number of rotatable bonds is 8. The van der Waals surface area contributed by atoms with E-state index in [4.69, 9.17) is 21.0 Å². The molecule has 1 aliphatic rings. The summed E-state index contributed by atoms with van der Waals surface area (Å²) < 4.78 is 10.7. The van der Waals surface area contributed by atoms with Crippen molar-refractivity contribution in [2.75, 3.05) is 19.8 Å². The predicted octanol–water partition coefficient (Wildman–Crippen LogP) is 2.57. The minimum absolute atomic E-state index is 0.143. The van der Waals surface area contributed by atoms with Gasteiger partial charge in [-0.25, -0.2) is 4.79 Å². The average molecular weight is 345 g/mol. The third-order valence-corrected chi connectivity index (χ3v) is 4.13. The SMILES string of the molecule is C#CCN(C(=O)c1ccc(OCC(=O)O)c(OCC)c1)C1CCCC1. The lowest BCUT2D eigenvalue weighted by molar-refractivity contribution is -0.139. The number of amides is 1. The lowest BCUT2D eigenvalue weighted by Gasteiger charge is -2.27. The van der Waals surface area contributed by atoms with Crippen molar-refractivity contribution in [3.63, 3.8) is 0 Å². The molecule has 0 aliphatic heterocycles. The Morgan fingerprint density at radius 3 is 2.60 bits per heavy atom. The molecular formula is C19H23NO5. The van der Waals surface area contributed by atoms with Crippen molar-refractivity contribution in [1.29, 1.82) is 0 Å². The van der Waals surface area contributed by atoms with Crippen LogP contribution in [-0.2, 0) is 4.79 Å². The number of ether oxygens (including phenoxy) is 2. The fourth-order valence-corrected chi connectivity index (χ4v) is 3.01. The molecule has 0 radical (unpaired) electrons. The third-order valence-electron chi connectivity index (χ3n) is 4.13. The molecule has 0 saturated heterocycles. The number of nitrogens with zero attached hydrogens (tertiary/aromatic N) is 1. The van der Waals surface area contributed by atoms with Crippen LogP contribution < -0.4 is 9.47 Å². The normalized spacial score (nSPS) is 13.9. The van der Waals surface area contributed by atoms with Gasteiger partial charge in [0.25, 0.3) is 5.91 Å². The summed E-state index contributed by atoms with van der Waals surface area (Å²) in [5.41, 5.74) is 0.452. The summed E-state index contributed by atoms with van der Waals surface area (Å²) in [6, 6.07) is 4.92. The Labute approximate surface area is 147 Å². The molecule has 0 spiro atoms. The summed E-state index contributed by atoms with van der Waals surface area (Å²) in [6.07, 6.45) is 9.57. The standard InChI is InChI=1S/C19H23NO5/c1-3-11-20(15-7-5-6-8-15)19(23)14-9-10-16(25-13-18(21)22)17(12-14)24-4-2/h1,9-10,12,15H,4-8,11,13H2,2H3,(H,21,22). The second-order valence-corrected chi connectivity index (χ2v) is 5.85. The molecule has 0 heterocycles. The molecule has 2 rings (SSSR count). The van der Waals surface area contributed by atoms with Gasteiger partial charge in [0, 0.05) is 11.6 Å². The second-order valence-electron chi connectivity index (χ2n) is 5.85. The first-order valence-electron chi connectivity index (χ1n) is 8.42. The summed E-state index contributed by atoms with van der Waals surface area (Å²) >= 11 is 0. The van der Waals surface area contributed by atoms with Crippen LogP contribution in [0.15, 0.2) is 18.2 Å². The maximum atomic E-state index is 12.9. The van der Waals surface area contributed by atoms with E-state index in [1.165, 1.54) is 0 Å². The van der Waals surface area contributed by atoms with Crippen molar-refractivity contribution >= 4 is 11.9 Å². The van der Waals surface area contributed by atoms with Crippen LogP contribution in [0.25, 0.3) is 0 Å². The van der Waals surface area contributed by atoms with Crippen molar-refractivity contribution in [3.05, 3.63) is 23.8 Å². The van der Waals surface area contributed by atoms with Crippen LogP contribution >= 0.6 is 0 Å². The minimum Gasteiger partial charge on any atom is -0.490 e. The molecule has 0 aromatic heterocycles. The van der Waals surface area contributed by atoms with Crippen molar-refractivity contribution in [3.8, 4) is 23.8 Å². The Morgan fingerprint density at radius 1 is 1.28 bits per heavy atom. The quantitative estimate of drug-likeness (QED) is 0.733. The van der Waals surface area contributed by atoms with Gasteiger partial charge in [0.2, 0.25) is 0 Å². The largest absolute Gasteiger partial charge is 0.490 e. The van der Waals surface area contributed by atoms with Gasteiger partial charge in [-0.1, -0.05) is 18.8 Å². The van der Waals surface area contributed by atoms with Gasteiger partial charge >= 0.3 is 5.97 Å². The molecule has 134 valence electrons. The molecule has 6 heteroatoms. The van der Waals surface area contributed by atoms with Gasteiger partial charge in [-0.2, -0.15) is 0 Å². The van der Waals surface area contributed by atoms with E-state index < -0.39 is 12.6 Å². The molecule has 1 fully saturated rings. The highest BCUT2D eigenvalue weighted by molar-refractivity contribution is 5.95. The molecule has 0 unspecified atom stereocenters. The van der Waals surface area contributed by atoms with Gasteiger partial charge in [-0.3, -0.25) is 4.79 Å². The summed E-state index contributed by atoms with van der Waals surface area (Å²) in [5.74, 6) is 1.99. The van der Waals surface area contributed by atoms with Crippen LogP contribution in [0.1, 0.15) is 43.0 Å². The third kappa shape index (κ3) is 4.90. The summed E-state index contributed by atoms with van der Waals surface area (Å²) in [6.45, 7) is 1.97. The lowest BCUT2D eigenvalue weighted by atomic mass is 10.1. The highest BCUT2D eigenvalue weighted by Crippen LogP contribution is 2.30. The van der Waals surface area contributed by atoms with Gasteiger partial charge < -0.3 is 19.5 Å². The Balaban J connectivity index is 2.23. The molecule has 6 nitrogen and oxygen atoms in total. The van der Waals surface area contributed by atoms with Crippen molar-refractivity contribution in [1.82, 2.24) is 4.90 Å². The average Bonchev–Trinajstić information content (AvgIpc) is 3.12. The minimum atomic E-state index is -1.08. The number of carboxylic acids is 1. The van der Waals surface area contributed by atoms with Gasteiger partial charge in [0.15, 0.2) is 18.1 Å². The Kier molecular flexibility index (Phi) is 6.70. The number of terminal acetylenes is 1. The predicted molar refractivity (Wildman–Crippen MR) is 92.9 cm³/mol. The zero-order valence-corrected chi connectivity index (χ0v) is 14.4. The van der Waals surface area contributed by atoms with Crippen LogP contribution in [0.2, 0.25) is 0 Å². The van der Waals surface area contributed by atoms with E-state index in [2.05, 4.69) is 5.92 Å². The number of aliphatic carboxylic acids is 1. The van der Waals surface area contributed by atoms with Crippen LogP contribution in [0, 0.1) is 12.3 Å². The maximum Gasteiger partial charge on any atom is 0.341 e. The topological polar surface area (TPSA) is 76.1 Å². The van der Waals surface area contributed by atoms with E-state index >= 15 is 0 Å². The summed E-state index contributed by atoms with van der Waals surface area (Å²) in [5, 5.41) is 8.75. The number of hydrogen-bond acceptors (Lipinski definition) is 4. The molecule has 1 amide bonds. The smallest absolute Gasteiger partial charge is 0.341 e. The highest BCUT2D eigenvalue weighted by Gasteiger charge is 2.27. The van der Waals surface area contributed by atoms with E-state index in [9.17, 15) is 9.59 Å². The maximum absolute atomic E-state index is 12.9. The zero-order valence-electron chi connectivity index (χ0n) is 14.4. The van der Waals surface area contributed by atoms with Gasteiger partial charge in [0.1, 0.15) is 0 Å². The van der Waals surface area contributed by atoms with E-state index in [-0.39, 0.29) is 18.5 Å². The van der Waals surface area contributed by atoms with Crippen molar-refractivity contribution in [2.24, 2.45) is 0 Å². The number of carbonyl (C=O) groups excluding carboxylic acids is 1. The fraction of sp³-hybridized carbons (Fsp3) is 0.474. The van der Waals surface area contributed by atoms with E-state index in [0.717, 1.165) is 25.7 Å². The first kappa shape index (κ1) is 18.7. The second kappa shape index (κ2) is 8.97. The molecule has 25 heavy (non-hydrogen) atoms. The number of carbonyl (C=O) groups is 2. The van der Waals surface area contributed by atoms with Crippen molar-refractivity contribution < 1.29 is 24.2 Å². The van der Waals surface area contributed by atoms with Crippen LogP contribution in [-0.4, -0.2) is 47.7 Å².